The first-order valence-corrected chi connectivity index (χ1v) is 8.21. The van der Waals surface area contributed by atoms with Crippen molar-refractivity contribution in [2.24, 2.45) is 5.92 Å². The molecule has 0 amide bonds. The molecular formula is C16H34N2O. The van der Waals surface area contributed by atoms with Crippen LogP contribution in [0.15, 0.2) is 0 Å². The van der Waals surface area contributed by atoms with E-state index in [-0.39, 0.29) is 12.1 Å². The number of nitrogens with zero attached hydrogens (tertiary/aromatic N) is 1. The molecule has 1 aliphatic rings. The first-order valence-electron chi connectivity index (χ1n) is 8.21. The fraction of sp³-hybridized carbons (Fsp3) is 1.00. The molecule has 2 N–H and O–H groups in total. The third-order valence-electron chi connectivity index (χ3n) is 4.53. The van der Waals surface area contributed by atoms with Crippen LogP contribution in [0.5, 0.6) is 0 Å². The van der Waals surface area contributed by atoms with Gasteiger partial charge in [-0.05, 0) is 64.6 Å². The van der Waals surface area contributed by atoms with Crippen LogP contribution >= 0.6 is 0 Å². The molecule has 0 aromatic carbocycles. The van der Waals surface area contributed by atoms with Crippen LogP contribution in [-0.4, -0.2) is 48.3 Å². The third-order valence-corrected chi connectivity index (χ3v) is 4.53. The van der Waals surface area contributed by atoms with Crippen LogP contribution in [0.25, 0.3) is 0 Å². The van der Waals surface area contributed by atoms with Crippen molar-refractivity contribution in [2.75, 3.05) is 32.8 Å². The van der Waals surface area contributed by atoms with E-state index in [1.165, 1.54) is 45.3 Å². The van der Waals surface area contributed by atoms with Gasteiger partial charge in [0.1, 0.15) is 0 Å². The largest absolute Gasteiger partial charge is 0.394 e. The van der Waals surface area contributed by atoms with Crippen LogP contribution < -0.4 is 5.32 Å². The molecule has 1 saturated heterocycles. The third kappa shape index (κ3) is 6.24. The van der Waals surface area contributed by atoms with Gasteiger partial charge in [0.2, 0.25) is 0 Å². The lowest BCUT2D eigenvalue weighted by molar-refractivity contribution is 0.140. The van der Waals surface area contributed by atoms with Gasteiger partial charge >= 0.3 is 0 Å². The Labute approximate surface area is 119 Å². The topological polar surface area (TPSA) is 35.5 Å². The Hall–Kier alpha value is -0.120. The van der Waals surface area contributed by atoms with Gasteiger partial charge in [0, 0.05) is 12.1 Å². The van der Waals surface area contributed by atoms with E-state index in [1.54, 1.807) is 0 Å². The number of rotatable bonds is 9. The summed E-state index contributed by atoms with van der Waals surface area (Å²) in [5, 5.41) is 13.0. The number of aliphatic hydroxyl groups excluding tert-OH is 1. The van der Waals surface area contributed by atoms with Crippen molar-refractivity contribution in [2.45, 2.75) is 64.8 Å². The number of likely N-dealkylation sites (tertiary alicyclic amines) is 1. The predicted molar refractivity (Wildman–Crippen MR) is 82.5 cm³/mol. The first kappa shape index (κ1) is 16.9. The number of nitrogens with one attached hydrogen (secondary N) is 1. The van der Waals surface area contributed by atoms with Gasteiger partial charge < -0.3 is 15.3 Å². The molecule has 1 rings (SSSR count). The zero-order valence-electron chi connectivity index (χ0n) is 13.2. The molecule has 0 spiro atoms. The highest BCUT2D eigenvalue weighted by Crippen LogP contribution is 2.20. The van der Waals surface area contributed by atoms with Crippen LogP contribution in [0.1, 0.15) is 59.3 Å². The molecule has 1 fully saturated rings. The molecule has 19 heavy (non-hydrogen) atoms. The van der Waals surface area contributed by atoms with Gasteiger partial charge in [0.25, 0.3) is 0 Å². The summed E-state index contributed by atoms with van der Waals surface area (Å²) in [6, 6.07) is 0. The highest BCUT2D eigenvalue weighted by molar-refractivity contribution is 4.83. The van der Waals surface area contributed by atoms with Gasteiger partial charge in [0.05, 0.1) is 6.61 Å². The maximum Gasteiger partial charge on any atom is 0.0610 e. The summed E-state index contributed by atoms with van der Waals surface area (Å²) in [4.78, 5) is 2.62. The van der Waals surface area contributed by atoms with Crippen molar-refractivity contribution < 1.29 is 5.11 Å². The Morgan fingerprint density at radius 2 is 2.16 bits per heavy atom. The second-order valence-electron chi connectivity index (χ2n) is 6.47. The molecule has 2 atom stereocenters. The molecule has 0 bridgehead atoms. The molecule has 1 aliphatic heterocycles. The summed E-state index contributed by atoms with van der Waals surface area (Å²) in [5.74, 6) is 0.913. The highest BCUT2D eigenvalue weighted by Gasteiger charge is 2.23. The summed E-state index contributed by atoms with van der Waals surface area (Å²) < 4.78 is 0. The Morgan fingerprint density at radius 1 is 1.37 bits per heavy atom. The Bertz CT molecular complexity index is 235. The predicted octanol–water partition coefficient (Wildman–Crippen LogP) is 2.64. The number of piperidine rings is 1. The summed E-state index contributed by atoms with van der Waals surface area (Å²) in [6.07, 6.45) is 7.48. The minimum Gasteiger partial charge on any atom is -0.394 e. The zero-order chi connectivity index (χ0) is 14.1. The summed E-state index contributed by atoms with van der Waals surface area (Å²) in [6.45, 7) is 11.6. The smallest absolute Gasteiger partial charge is 0.0610 e. The molecule has 3 nitrogen and oxygen atoms in total. The van der Waals surface area contributed by atoms with E-state index in [9.17, 15) is 5.11 Å². The lowest BCUT2D eigenvalue weighted by atomic mass is 9.94. The first-order chi connectivity index (χ1) is 9.13. The van der Waals surface area contributed by atoms with E-state index in [2.05, 4.69) is 31.0 Å². The molecule has 0 aromatic rings. The molecule has 0 saturated carbocycles. The zero-order valence-corrected chi connectivity index (χ0v) is 13.2. The Morgan fingerprint density at radius 3 is 2.79 bits per heavy atom. The van der Waals surface area contributed by atoms with Crippen molar-refractivity contribution in [1.82, 2.24) is 10.2 Å². The highest BCUT2D eigenvalue weighted by atomic mass is 16.3. The molecule has 0 radical (unpaired) electrons. The van der Waals surface area contributed by atoms with E-state index in [1.807, 2.05) is 0 Å². The second kappa shape index (κ2) is 8.93. The van der Waals surface area contributed by atoms with E-state index < -0.39 is 0 Å². The van der Waals surface area contributed by atoms with E-state index in [0.29, 0.717) is 0 Å². The van der Waals surface area contributed by atoms with Crippen molar-refractivity contribution in [3.05, 3.63) is 0 Å². The van der Waals surface area contributed by atoms with Crippen LogP contribution in [0, 0.1) is 5.92 Å². The van der Waals surface area contributed by atoms with Gasteiger partial charge in [-0.15, -0.1) is 0 Å². The molecule has 3 heteroatoms. The fourth-order valence-corrected chi connectivity index (χ4v) is 3.03. The van der Waals surface area contributed by atoms with Crippen LogP contribution in [0.2, 0.25) is 0 Å². The van der Waals surface area contributed by atoms with Crippen molar-refractivity contribution in [1.29, 1.82) is 0 Å². The lowest BCUT2D eigenvalue weighted by Crippen LogP contribution is -2.46. The van der Waals surface area contributed by atoms with Gasteiger partial charge in [-0.1, -0.05) is 20.3 Å². The van der Waals surface area contributed by atoms with Gasteiger partial charge in [0.15, 0.2) is 0 Å². The molecule has 0 aliphatic carbocycles. The van der Waals surface area contributed by atoms with Gasteiger partial charge in [-0.3, -0.25) is 0 Å². The minimum atomic E-state index is -0.0873. The molecule has 1 heterocycles. The number of aliphatic hydroxyl groups is 1. The van der Waals surface area contributed by atoms with Gasteiger partial charge in [-0.2, -0.15) is 0 Å². The van der Waals surface area contributed by atoms with Crippen LogP contribution in [0.3, 0.4) is 0 Å². The fourth-order valence-electron chi connectivity index (χ4n) is 3.03. The maximum atomic E-state index is 9.55. The quantitative estimate of drug-likeness (QED) is 0.676. The summed E-state index contributed by atoms with van der Waals surface area (Å²) >= 11 is 0. The van der Waals surface area contributed by atoms with E-state index >= 15 is 0 Å². The normalized spacial score (nSPS) is 24.3. The SMILES string of the molecule is CCCNC(C)(CO)CCCN1CCCC(CC)C1. The number of hydrogen-bond donors (Lipinski definition) is 2. The number of hydrogen-bond acceptors (Lipinski definition) is 3. The minimum absolute atomic E-state index is 0.0873. The van der Waals surface area contributed by atoms with E-state index in [0.717, 1.165) is 25.3 Å². The molecule has 114 valence electrons. The van der Waals surface area contributed by atoms with Crippen molar-refractivity contribution >= 4 is 0 Å². The average molecular weight is 270 g/mol. The van der Waals surface area contributed by atoms with Crippen molar-refractivity contribution in [3.8, 4) is 0 Å². The van der Waals surface area contributed by atoms with Gasteiger partial charge in [-0.25, -0.2) is 0 Å². The maximum absolute atomic E-state index is 9.55. The summed E-state index contributed by atoms with van der Waals surface area (Å²) in [7, 11) is 0. The van der Waals surface area contributed by atoms with E-state index in [4.69, 9.17) is 0 Å². The lowest BCUT2D eigenvalue weighted by Gasteiger charge is -2.34. The second-order valence-corrected chi connectivity index (χ2v) is 6.47. The van der Waals surface area contributed by atoms with Crippen LogP contribution in [0.4, 0.5) is 0 Å². The Balaban J connectivity index is 2.24. The molecule has 0 aromatic heterocycles. The van der Waals surface area contributed by atoms with Crippen LogP contribution in [-0.2, 0) is 0 Å². The summed E-state index contributed by atoms with van der Waals surface area (Å²) in [5.41, 5.74) is -0.0873. The molecular weight excluding hydrogens is 236 g/mol. The van der Waals surface area contributed by atoms with Crippen molar-refractivity contribution in [3.63, 3.8) is 0 Å². The standard InChI is InChI=1S/C16H34N2O/c1-4-10-17-16(3,14-19)9-7-12-18-11-6-8-15(5-2)13-18/h15,17,19H,4-14H2,1-3H3. The average Bonchev–Trinajstić information content (AvgIpc) is 2.45. The monoisotopic (exact) mass is 270 g/mol. The Kier molecular flexibility index (Phi) is 7.96. The molecule has 2 unspecified atom stereocenters.